The van der Waals surface area contributed by atoms with Gasteiger partial charge in [0.15, 0.2) is 11.5 Å². The summed E-state index contributed by atoms with van der Waals surface area (Å²) in [5, 5.41) is 23.0. The monoisotopic (exact) mass is 248 g/mol. The Labute approximate surface area is 99.2 Å². The normalized spacial score (nSPS) is 11.4. The molecule has 0 fully saturated rings. The van der Waals surface area contributed by atoms with Gasteiger partial charge in [0.25, 0.3) is 0 Å². The molecule has 1 aromatic carbocycles. The molecule has 3 aromatic rings. The SMILES string of the molecule is Cc1nn2c(cc1=O)sc1cc(O)c(O)cc12. The lowest BCUT2D eigenvalue weighted by atomic mass is 10.3. The van der Waals surface area contributed by atoms with E-state index in [1.54, 1.807) is 11.4 Å². The standard InChI is InChI=1S/C11H8N2O3S/c1-5-7(14)4-11-13(12-5)6-2-8(15)9(16)3-10(6)17-11/h2-4,15-16H,1H3. The molecule has 0 aliphatic heterocycles. The van der Waals surface area contributed by atoms with Crippen molar-refractivity contribution >= 4 is 26.4 Å². The lowest BCUT2D eigenvalue weighted by Crippen LogP contribution is -2.09. The van der Waals surface area contributed by atoms with E-state index in [4.69, 9.17) is 0 Å². The van der Waals surface area contributed by atoms with Gasteiger partial charge in [-0.15, -0.1) is 11.3 Å². The van der Waals surface area contributed by atoms with Gasteiger partial charge in [0.05, 0.1) is 10.2 Å². The molecule has 0 saturated carbocycles. The quantitative estimate of drug-likeness (QED) is 0.593. The molecule has 0 bridgehead atoms. The number of phenols is 2. The third kappa shape index (κ3) is 1.38. The minimum atomic E-state index is -0.199. The van der Waals surface area contributed by atoms with Crippen molar-refractivity contribution in [3.63, 3.8) is 0 Å². The summed E-state index contributed by atoms with van der Waals surface area (Å²) in [5.74, 6) is -0.376. The number of benzene rings is 1. The lowest BCUT2D eigenvalue weighted by Gasteiger charge is -1.98. The number of nitrogens with zero attached hydrogens (tertiary/aromatic N) is 2. The number of aromatic hydroxyl groups is 2. The van der Waals surface area contributed by atoms with Crippen LogP contribution in [0.15, 0.2) is 23.0 Å². The first-order valence-corrected chi connectivity index (χ1v) is 5.73. The van der Waals surface area contributed by atoms with Gasteiger partial charge in [-0.3, -0.25) is 4.79 Å². The summed E-state index contributed by atoms with van der Waals surface area (Å²) in [6, 6.07) is 4.40. The summed E-state index contributed by atoms with van der Waals surface area (Å²) in [6.45, 7) is 1.64. The van der Waals surface area contributed by atoms with Crippen LogP contribution in [0.3, 0.4) is 0 Å². The van der Waals surface area contributed by atoms with Gasteiger partial charge < -0.3 is 10.2 Å². The van der Waals surface area contributed by atoms with Crippen molar-refractivity contribution in [2.24, 2.45) is 0 Å². The molecule has 5 nitrogen and oxygen atoms in total. The number of aryl methyl sites for hydroxylation is 1. The molecular formula is C11H8N2O3S. The molecule has 2 N–H and O–H groups in total. The molecule has 0 radical (unpaired) electrons. The highest BCUT2D eigenvalue weighted by Gasteiger charge is 2.10. The second kappa shape index (κ2) is 3.21. The maximum absolute atomic E-state index is 11.5. The van der Waals surface area contributed by atoms with Crippen LogP contribution in [-0.2, 0) is 0 Å². The van der Waals surface area contributed by atoms with Crippen molar-refractivity contribution in [2.45, 2.75) is 6.92 Å². The molecule has 0 atom stereocenters. The van der Waals surface area contributed by atoms with Crippen LogP contribution in [0.2, 0.25) is 0 Å². The Morgan fingerprint density at radius 2 is 1.94 bits per heavy atom. The molecule has 2 aromatic heterocycles. The van der Waals surface area contributed by atoms with E-state index in [9.17, 15) is 15.0 Å². The van der Waals surface area contributed by atoms with E-state index in [1.165, 1.54) is 29.5 Å². The second-order valence-corrected chi connectivity index (χ2v) is 4.82. The molecule has 86 valence electrons. The Balaban J connectivity index is 2.55. The van der Waals surface area contributed by atoms with E-state index in [0.29, 0.717) is 16.0 Å². The third-order valence-corrected chi connectivity index (χ3v) is 3.62. The molecule has 3 rings (SSSR count). The van der Waals surface area contributed by atoms with Crippen LogP contribution >= 0.6 is 11.3 Å². The predicted octanol–water partition coefficient (Wildman–Crippen LogP) is 1.63. The van der Waals surface area contributed by atoms with Crippen molar-refractivity contribution in [1.29, 1.82) is 0 Å². The van der Waals surface area contributed by atoms with E-state index in [-0.39, 0.29) is 16.9 Å². The number of aromatic nitrogens is 2. The van der Waals surface area contributed by atoms with Crippen LogP contribution in [0.25, 0.3) is 15.0 Å². The number of fused-ring (bicyclic) bond motifs is 3. The highest BCUT2D eigenvalue weighted by molar-refractivity contribution is 7.23. The van der Waals surface area contributed by atoms with Gasteiger partial charge in [-0.1, -0.05) is 0 Å². The minimum Gasteiger partial charge on any atom is -0.504 e. The largest absolute Gasteiger partial charge is 0.504 e. The molecule has 2 heterocycles. The fourth-order valence-corrected chi connectivity index (χ4v) is 2.72. The summed E-state index contributed by atoms with van der Waals surface area (Å²) >= 11 is 1.34. The Hall–Kier alpha value is -2.08. The van der Waals surface area contributed by atoms with Gasteiger partial charge >= 0.3 is 0 Å². The fourth-order valence-electron chi connectivity index (χ4n) is 1.68. The summed E-state index contributed by atoms with van der Waals surface area (Å²) in [5.41, 5.74) is 0.947. The molecule has 6 heteroatoms. The summed E-state index contributed by atoms with van der Waals surface area (Å²) in [6.07, 6.45) is 0. The van der Waals surface area contributed by atoms with E-state index in [2.05, 4.69) is 5.10 Å². The first kappa shape index (κ1) is 10.1. The van der Waals surface area contributed by atoms with E-state index < -0.39 is 0 Å². The van der Waals surface area contributed by atoms with Crippen molar-refractivity contribution in [3.8, 4) is 11.5 Å². The van der Waals surface area contributed by atoms with Crippen molar-refractivity contribution in [3.05, 3.63) is 34.1 Å². The maximum Gasteiger partial charge on any atom is 0.204 e. The topological polar surface area (TPSA) is 74.8 Å². The zero-order valence-corrected chi connectivity index (χ0v) is 9.65. The predicted molar refractivity (Wildman–Crippen MR) is 64.9 cm³/mol. The van der Waals surface area contributed by atoms with Gasteiger partial charge in [0.2, 0.25) is 5.43 Å². The van der Waals surface area contributed by atoms with Gasteiger partial charge in [-0.2, -0.15) is 5.10 Å². The summed E-state index contributed by atoms with van der Waals surface area (Å²) in [4.78, 5) is 12.2. The van der Waals surface area contributed by atoms with Gasteiger partial charge in [0.1, 0.15) is 10.5 Å². The third-order valence-electron chi connectivity index (χ3n) is 2.57. The average Bonchev–Trinajstić information content (AvgIpc) is 2.58. The molecule has 17 heavy (non-hydrogen) atoms. The summed E-state index contributed by atoms with van der Waals surface area (Å²) < 4.78 is 2.36. The first-order valence-electron chi connectivity index (χ1n) is 4.91. The number of hydrogen-bond acceptors (Lipinski definition) is 5. The molecule has 0 aliphatic carbocycles. The molecule has 0 unspecified atom stereocenters. The van der Waals surface area contributed by atoms with E-state index in [1.807, 2.05) is 0 Å². The average molecular weight is 248 g/mol. The zero-order valence-electron chi connectivity index (χ0n) is 8.84. The van der Waals surface area contributed by atoms with Crippen molar-refractivity contribution in [2.75, 3.05) is 0 Å². The highest BCUT2D eigenvalue weighted by Crippen LogP contribution is 2.34. The molecule has 0 amide bonds. The van der Waals surface area contributed by atoms with Crippen LogP contribution in [0, 0.1) is 6.92 Å². The lowest BCUT2D eigenvalue weighted by molar-refractivity contribution is 0.405. The van der Waals surface area contributed by atoms with Crippen LogP contribution in [0.5, 0.6) is 11.5 Å². The van der Waals surface area contributed by atoms with Gasteiger partial charge in [-0.25, -0.2) is 4.52 Å². The number of thiazole rings is 1. The van der Waals surface area contributed by atoms with Crippen LogP contribution in [0.4, 0.5) is 0 Å². The van der Waals surface area contributed by atoms with Crippen LogP contribution < -0.4 is 5.43 Å². The Morgan fingerprint density at radius 3 is 2.71 bits per heavy atom. The summed E-state index contributed by atoms with van der Waals surface area (Å²) in [7, 11) is 0. The van der Waals surface area contributed by atoms with Crippen molar-refractivity contribution < 1.29 is 10.2 Å². The zero-order chi connectivity index (χ0) is 12.2. The Morgan fingerprint density at radius 1 is 1.24 bits per heavy atom. The minimum absolute atomic E-state index is 0.120. The number of phenolic OH excluding ortho intramolecular Hbond substituents is 2. The molecule has 0 saturated heterocycles. The second-order valence-electron chi connectivity index (χ2n) is 3.75. The Bertz CT molecular complexity index is 804. The first-order chi connectivity index (χ1) is 8.06. The number of rotatable bonds is 0. The maximum atomic E-state index is 11.5. The molecule has 0 aliphatic rings. The van der Waals surface area contributed by atoms with Gasteiger partial charge in [0, 0.05) is 18.2 Å². The smallest absolute Gasteiger partial charge is 0.204 e. The van der Waals surface area contributed by atoms with E-state index in [0.717, 1.165) is 4.70 Å². The van der Waals surface area contributed by atoms with Gasteiger partial charge in [-0.05, 0) is 6.92 Å². The van der Waals surface area contributed by atoms with Crippen LogP contribution in [-0.4, -0.2) is 19.8 Å². The van der Waals surface area contributed by atoms with E-state index >= 15 is 0 Å². The fraction of sp³-hybridized carbons (Fsp3) is 0.0909. The number of hydrogen-bond donors (Lipinski definition) is 2. The Kier molecular flexibility index (Phi) is 1.90. The van der Waals surface area contributed by atoms with Crippen LogP contribution in [0.1, 0.15) is 5.69 Å². The molecular weight excluding hydrogens is 240 g/mol. The highest BCUT2D eigenvalue weighted by atomic mass is 32.1. The van der Waals surface area contributed by atoms with Crippen molar-refractivity contribution in [1.82, 2.24) is 9.61 Å². The molecule has 0 spiro atoms.